The molecule has 0 N–H and O–H groups in total. The molecule has 1 aromatic heterocycles. The fourth-order valence-corrected chi connectivity index (χ4v) is 3.80. The quantitative estimate of drug-likeness (QED) is 0.715. The van der Waals surface area contributed by atoms with Crippen molar-refractivity contribution in [2.24, 2.45) is 0 Å². The van der Waals surface area contributed by atoms with Crippen LogP contribution in [0.15, 0.2) is 66.9 Å². The van der Waals surface area contributed by atoms with E-state index in [2.05, 4.69) is 40.2 Å². The molecular formula is C23H25N3O. The Labute approximate surface area is 160 Å². The van der Waals surface area contributed by atoms with Crippen molar-refractivity contribution in [2.45, 2.75) is 19.4 Å². The lowest BCUT2D eigenvalue weighted by molar-refractivity contribution is -0.130. The van der Waals surface area contributed by atoms with Gasteiger partial charge in [0, 0.05) is 44.3 Å². The molecule has 1 fully saturated rings. The lowest BCUT2D eigenvalue weighted by atomic mass is 10.1. The fraction of sp³-hybridized carbons (Fsp3) is 0.304. The number of hydrogen-bond donors (Lipinski definition) is 0. The van der Waals surface area contributed by atoms with Gasteiger partial charge < -0.3 is 4.90 Å². The topological polar surface area (TPSA) is 36.4 Å². The maximum atomic E-state index is 12.9. The summed E-state index contributed by atoms with van der Waals surface area (Å²) in [6.45, 7) is 4.55. The van der Waals surface area contributed by atoms with Gasteiger partial charge in [-0.2, -0.15) is 0 Å². The van der Waals surface area contributed by atoms with Crippen LogP contribution < -0.4 is 0 Å². The van der Waals surface area contributed by atoms with E-state index in [1.807, 2.05) is 35.2 Å². The molecule has 1 amide bonds. The highest BCUT2D eigenvalue weighted by molar-refractivity contribution is 5.87. The van der Waals surface area contributed by atoms with Crippen LogP contribution in [0, 0.1) is 0 Å². The summed E-state index contributed by atoms with van der Waals surface area (Å²) in [5, 5.41) is 1.09. The van der Waals surface area contributed by atoms with E-state index in [9.17, 15) is 4.79 Å². The summed E-state index contributed by atoms with van der Waals surface area (Å²) < 4.78 is 0. The summed E-state index contributed by atoms with van der Waals surface area (Å²) in [5.41, 5.74) is 3.29. The van der Waals surface area contributed by atoms with Crippen LogP contribution in [0.2, 0.25) is 0 Å². The lowest BCUT2D eigenvalue weighted by Gasteiger charge is -2.22. The maximum absolute atomic E-state index is 12.9. The molecule has 2 heterocycles. The molecule has 4 heteroatoms. The van der Waals surface area contributed by atoms with E-state index in [4.69, 9.17) is 0 Å². The van der Waals surface area contributed by atoms with Crippen molar-refractivity contribution in [3.63, 3.8) is 0 Å². The number of amides is 1. The fourth-order valence-electron chi connectivity index (χ4n) is 3.80. The lowest BCUT2D eigenvalue weighted by Crippen LogP contribution is -2.36. The van der Waals surface area contributed by atoms with Crippen LogP contribution in [-0.4, -0.2) is 46.9 Å². The average molecular weight is 359 g/mol. The van der Waals surface area contributed by atoms with Crippen LogP contribution in [0.25, 0.3) is 10.9 Å². The van der Waals surface area contributed by atoms with Crippen LogP contribution >= 0.6 is 0 Å². The molecule has 2 aromatic carbocycles. The van der Waals surface area contributed by atoms with Crippen LogP contribution in [0.5, 0.6) is 0 Å². The van der Waals surface area contributed by atoms with Gasteiger partial charge in [-0.05, 0) is 23.6 Å². The first-order valence-corrected chi connectivity index (χ1v) is 9.66. The number of benzene rings is 2. The van der Waals surface area contributed by atoms with Gasteiger partial charge in [-0.25, -0.2) is 0 Å². The first-order chi connectivity index (χ1) is 13.3. The first kappa shape index (κ1) is 17.7. The van der Waals surface area contributed by atoms with Gasteiger partial charge in [-0.15, -0.1) is 0 Å². The van der Waals surface area contributed by atoms with Gasteiger partial charge >= 0.3 is 0 Å². The molecule has 0 unspecified atom stereocenters. The standard InChI is InChI=1S/C23H25N3O/c27-22(17-21-10-4-9-20-11-5-12-24-23(20)21)26-14-6-13-25(15-16-26)18-19-7-2-1-3-8-19/h1-5,7-12H,6,13-18H2. The molecule has 0 radical (unpaired) electrons. The summed E-state index contributed by atoms with van der Waals surface area (Å²) in [6, 6.07) is 20.6. The molecule has 0 aliphatic carbocycles. The number of carbonyl (C=O) groups is 1. The van der Waals surface area contributed by atoms with Crippen molar-refractivity contribution in [3.8, 4) is 0 Å². The Morgan fingerprint density at radius 2 is 1.74 bits per heavy atom. The Hall–Kier alpha value is -2.72. The minimum absolute atomic E-state index is 0.203. The minimum Gasteiger partial charge on any atom is -0.341 e. The van der Waals surface area contributed by atoms with E-state index in [1.165, 1.54) is 5.56 Å². The molecule has 0 spiro atoms. The third-order valence-corrected chi connectivity index (χ3v) is 5.25. The normalized spacial score (nSPS) is 15.6. The molecule has 1 saturated heterocycles. The van der Waals surface area contributed by atoms with E-state index < -0.39 is 0 Å². The summed E-state index contributed by atoms with van der Waals surface area (Å²) in [6.07, 6.45) is 3.24. The smallest absolute Gasteiger partial charge is 0.227 e. The first-order valence-electron chi connectivity index (χ1n) is 9.66. The molecule has 0 atom stereocenters. The number of rotatable bonds is 4. The van der Waals surface area contributed by atoms with E-state index >= 15 is 0 Å². The Morgan fingerprint density at radius 1 is 0.889 bits per heavy atom. The molecule has 4 nitrogen and oxygen atoms in total. The second kappa shape index (κ2) is 8.31. The van der Waals surface area contributed by atoms with Crippen molar-refractivity contribution in [3.05, 3.63) is 78.0 Å². The maximum Gasteiger partial charge on any atom is 0.227 e. The Balaban J connectivity index is 1.39. The molecule has 0 bridgehead atoms. The number of hydrogen-bond acceptors (Lipinski definition) is 3. The van der Waals surface area contributed by atoms with Crippen molar-refractivity contribution in [1.29, 1.82) is 0 Å². The van der Waals surface area contributed by atoms with Gasteiger partial charge in [-0.3, -0.25) is 14.7 Å². The zero-order valence-electron chi connectivity index (χ0n) is 15.6. The number of nitrogens with zero attached hydrogens (tertiary/aromatic N) is 3. The van der Waals surface area contributed by atoms with E-state index in [0.29, 0.717) is 6.42 Å². The average Bonchev–Trinajstić information content (AvgIpc) is 2.95. The zero-order valence-corrected chi connectivity index (χ0v) is 15.6. The molecule has 1 aliphatic rings. The third-order valence-electron chi connectivity index (χ3n) is 5.25. The SMILES string of the molecule is O=C(Cc1cccc2cccnc12)N1CCCN(Cc2ccccc2)CC1. The molecule has 3 aromatic rings. The Bertz CT molecular complexity index is 904. The highest BCUT2D eigenvalue weighted by atomic mass is 16.2. The van der Waals surface area contributed by atoms with Gasteiger partial charge in [0.05, 0.1) is 11.9 Å². The van der Waals surface area contributed by atoms with Crippen LogP contribution in [0.3, 0.4) is 0 Å². The van der Waals surface area contributed by atoms with Gasteiger partial charge in [0.2, 0.25) is 5.91 Å². The number of para-hydroxylation sites is 1. The van der Waals surface area contributed by atoms with Gasteiger partial charge in [0.1, 0.15) is 0 Å². The Kier molecular flexibility index (Phi) is 5.45. The van der Waals surface area contributed by atoms with Crippen molar-refractivity contribution < 1.29 is 4.79 Å². The third kappa shape index (κ3) is 4.34. The van der Waals surface area contributed by atoms with Crippen LogP contribution in [0.4, 0.5) is 0 Å². The van der Waals surface area contributed by atoms with Gasteiger partial charge in [-0.1, -0.05) is 54.6 Å². The number of aromatic nitrogens is 1. The van der Waals surface area contributed by atoms with Gasteiger partial charge in [0.15, 0.2) is 0 Å². The van der Waals surface area contributed by atoms with E-state index in [1.54, 1.807) is 6.20 Å². The van der Waals surface area contributed by atoms with E-state index in [0.717, 1.165) is 55.6 Å². The zero-order chi connectivity index (χ0) is 18.5. The van der Waals surface area contributed by atoms with E-state index in [-0.39, 0.29) is 5.91 Å². The molecule has 0 saturated carbocycles. The molecule has 27 heavy (non-hydrogen) atoms. The second-order valence-electron chi connectivity index (χ2n) is 7.17. The monoisotopic (exact) mass is 359 g/mol. The minimum atomic E-state index is 0.203. The summed E-state index contributed by atoms with van der Waals surface area (Å²) >= 11 is 0. The van der Waals surface area contributed by atoms with Gasteiger partial charge in [0.25, 0.3) is 0 Å². The largest absolute Gasteiger partial charge is 0.341 e. The molecular weight excluding hydrogens is 334 g/mol. The van der Waals surface area contributed by atoms with Crippen molar-refractivity contribution in [2.75, 3.05) is 26.2 Å². The van der Waals surface area contributed by atoms with Crippen molar-refractivity contribution >= 4 is 16.8 Å². The predicted octanol–water partition coefficient (Wildman–Crippen LogP) is 3.51. The molecule has 138 valence electrons. The summed E-state index contributed by atoms with van der Waals surface area (Å²) in [5.74, 6) is 0.203. The molecule has 4 rings (SSSR count). The summed E-state index contributed by atoms with van der Waals surface area (Å²) in [4.78, 5) is 21.9. The Morgan fingerprint density at radius 3 is 2.63 bits per heavy atom. The second-order valence-corrected chi connectivity index (χ2v) is 7.17. The highest BCUT2D eigenvalue weighted by Crippen LogP contribution is 2.18. The van der Waals surface area contributed by atoms with Crippen LogP contribution in [0.1, 0.15) is 17.5 Å². The number of carbonyl (C=O) groups excluding carboxylic acids is 1. The highest BCUT2D eigenvalue weighted by Gasteiger charge is 2.20. The van der Waals surface area contributed by atoms with Crippen LogP contribution in [-0.2, 0) is 17.8 Å². The molecule has 1 aliphatic heterocycles. The number of pyridine rings is 1. The van der Waals surface area contributed by atoms with Crippen molar-refractivity contribution in [1.82, 2.24) is 14.8 Å². The summed E-state index contributed by atoms with van der Waals surface area (Å²) in [7, 11) is 0. The number of fused-ring (bicyclic) bond motifs is 1. The predicted molar refractivity (Wildman–Crippen MR) is 108 cm³/mol.